The number of hydrogen-bond acceptors (Lipinski definition) is 5. The minimum atomic E-state index is 0.361. The fourth-order valence-corrected chi connectivity index (χ4v) is 1.26. The Balaban J connectivity index is 2.60. The molecule has 76 valence electrons. The van der Waals surface area contributed by atoms with Gasteiger partial charge in [-0.2, -0.15) is 0 Å². The molecule has 5 heteroatoms. The zero-order valence-electron chi connectivity index (χ0n) is 8.31. The quantitative estimate of drug-likeness (QED) is 0.718. The number of nitrogens with zero attached hydrogens (tertiary/aromatic N) is 3. The predicted molar refractivity (Wildman–Crippen MR) is 58.8 cm³/mol. The summed E-state index contributed by atoms with van der Waals surface area (Å²) in [6.45, 7) is 1.82. The molecule has 0 bridgehead atoms. The number of nitrogens with two attached hydrogens (primary N) is 2. The maximum Gasteiger partial charge on any atom is 0.151 e. The maximum absolute atomic E-state index is 5.91. The fraction of sp³-hybridized carbons (Fsp3) is 0.100. The van der Waals surface area contributed by atoms with Crippen LogP contribution in [0.5, 0.6) is 0 Å². The molecule has 0 saturated heterocycles. The first kappa shape index (κ1) is 9.39. The molecule has 0 aliphatic rings. The normalized spacial score (nSPS) is 10.2. The molecule has 5 nitrogen and oxygen atoms in total. The molecule has 0 saturated carbocycles. The zero-order valence-corrected chi connectivity index (χ0v) is 8.31. The van der Waals surface area contributed by atoms with Crippen molar-refractivity contribution in [2.45, 2.75) is 6.92 Å². The lowest BCUT2D eigenvalue weighted by molar-refractivity contribution is 1.04. The van der Waals surface area contributed by atoms with Crippen LogP contribution in [0, 0.1) is 6.92 Å². The lowest BCUT2D eigenvalue weighted by atomic mass is 10.1. The molecule has 0 amide bonds. The summed E-state index contributed by atoms with van der Waals surface area (Å²) in [6.07, 6.45) is 3.38. The van der Waals surface area contributed by atoms with Gasteiger partial charge in [0.25, 0.3) is 0 Å². The monoisotopic (exact) mass is 201 g/mol. The highest BCUT2D eigenvalue weighted by molar-refractivity contribution is 5.76. The van der Waals surface area contributed by atoms with Crippen molar-refractivity contribution in [3.05, 3.63) is 30.1 Å². The van der Waals surface area contributed by atoms with Crippen LogP contribution in [-0.4, -0.2) is 15.2 Å². The van der Waals surface area contributed by atoms with Gasteiger partial charge in [0.2, 0.25) is 0 Å². The van der Waals surface area contributed by atoms with E-state index in [1.807, 2.05) is 19.1 Å². The van der Waals surface area contributed by atoms with Gasteiger partial charge in [-0.25, -0.2) is 0 Å². The van der Waals surface area contributed by atoms with Crippen molar-refractivity contribution in [1.82, 2.24) is 15.2 Å². The number of hydrogen-bond donors (Lipinski definition) is 2. The number of pyridine rings is 1. The Bertz CT molecular complexity index is 481. The maximum atomic E-state index is 5.91. The largest absolute Gasteiger partial charge is 0.397 e. The highest BCUT2D eigenvalue weighted by atomic mass is 15.1. The Kier molecular flexibility index (Phi) is 2.21. The van der Waals surface area contributed by atoms with Gasteiger partial charge in [0.05, 0.1) is 5.69 Å². The third-order valence-electron chi connectivity index (χ3n) is 2.24. The van der Waals surface area contributed by atoms with Crippen molar-refractivity contribution in [3.8, 4) is 11.3 Å². The molecule has 0 aliphatic heterocycles. The lowest BCUT2D eigenvalue weighted by Gasteiger charge is -2.07. The summed E-state index contributed by atoms with van der Waals surface area (Å²) < 4.78 is 0. The Labute approximate surface area is 87.2 Å². The van der Waals surface area contributed by atoms with Crippen LogP contribution in [0.25, 0.3) is 11.3 Å². The molecule has 0 aliphatic carbocycles. The van der Waals surface area contributed by atoms with Gasteiger partial charge in [-0.05, 0) is 19.1 Å². The summed E-state index contributed by atoms with van der Waals surface area (Å²) >= 11 is 0. The second-order valence-corrected chi connectivity index (χ2v) is 3.21. The molecule has 2 rings (SSSR count). The minimum Gasteiger partial charge on any atom is -0.397 e. The van der Waals surface area contributed by atoms with Gasteiger partial charge in [-0.3, -0.25) is 4.98 Å². The van der Waals surface area contributed by atoms with E-state index in [1.165, 1.54) is 0 Å². The van der Waals surface area contributed by atoms with Crippen LogP contribution in [0.3, 0.4) is 0 Å². The first-order valence-electron chi connectivity index (χ1n) is 4.48. The second kappa shape index (κ2) is 3.53. The van der Waals surface area contributed by atoms with E-state index in [9.17, 15) is 0 Å². The van der Waals surface area contributed by atoms with Crippen LogP contribution >= 0.6 is 0 Å². The number of aromatic nitrogens is 3. The van der Waals surface area contributed by atoms with Crippen LogP contribution in [-0.2, 0) is 0 Å². The molecular formula is C10H11N5. The van der Waals surface area contributed by atoms with Crippen LogP contribution in [0.1, 0.15) is 5.56 Å². The van der Waals surface area contributed by atoms with Crippen LogP contribution in [0.2, 0.25) is 0 Å². The standard InChI is InChI=1S/C10H11N5/c1-6-8(11)9(14-15-10(6)12)7-3-2-4-13-5-7/h2-5H,1H3,(H4,11,12,15). The van der Waals surface area contributed by atoms with Gasteiger partial charge in [0.1, 0.15) is 5.69 Å². The Morgan fingerprint density at radius 3 is 2.67 bits per heavy atom. The smallest absolute Gasteiger partial charge is 0.151 e. The Morgan fingerprint density at radius 1 is 1.20 bits per heavy atom. The number of anilines is 2. The first-order valence-corrected chi connectivity index (χ1v) is 4.48. The summed E-state index contributed by atoms with van der Waals surface area (Å²) in [5.74, 6) is 0.361. The molecule has 4 N–H and O–H groups in total. The van der Waals surface area contributed by atoms with Gasteiger partial charge < -0.3 is 11.5 Å². The van der Waals surface area contributed by atoms with E-state index in [1.54, 1.807) is 12.4 Å². The first-order chi connectivity index (χ1) is 7.20. The predicted octanol–water partition coefficient (Wildman–Crippen LogP) is 1.01. The van der Waals surface area contributed by atoms with Crippen molar-refractivity contribution < 1.29 is 0 Å². The molecule has 0 atom stereocenters. The van der Waals surface area contributed by atoms with Crippen LogP contribution < -0.4 is 11.5 Å². The summed E-state index contributed by atoms with van der Waals surface area (Å²) in [7, 11) is 0. The Hall–Kier alpha value is -2.17. The molecule has 0 radical (unpaired) electrons. The Morgan fingerprint density at radius 2 is 2.00 bits per heavy atom. The van der Waals surface area contributed by atoms with Gasteiger partial charge in [0.15, 0.2) is 5.82 Å². The molecule has 0 fully saturated rings. The second-order valence-electron chi connectivity index (χ2n) is 3.21. The van der Waals surface area contributed by atoms with E-state index in [4.69, 9.17) is 11.5 Å². The van der Waals surface area contributed by atoms with Crippen molar-refractivity contribution >= 4 is 11.5 Å². The van der Waals surface area contributed by atoms with E-state index in [2.05, 4.69) is 15.2 Å². The van der Waals surface area contributed by atoms with Crippen molar-refractivity contribution in [2.75, 3.05) is 11.5 Å². The van der Waals surface area contributed by atoms with E-state index in [0.717, 1.165) is 11.1 Å². The van der Waals surface area contributed by atoms with Crippen molar-refractivity contribution in [1.29, 1.82) is 0 Å². The van der Waals surface area contributed by atoms with E-state index in [0.29, 0.717) is 17.2 Å². The molecule has 2 heterocycles. The fourth-order valence-electron chi connectivity index (χ4n) is 1.26. The third kappa shape index (κ3) is 1.59. The summed E-state index contributed by atoms with van der Waals surface area (Å²) in [5, 5.41) is 7.80. The molecule has 0 aromatic carbocycles. The minimum absolute atomic E-state index is 0.361. The van der Waals surface area contributed by atoms with Crippen LogP contribution in [0.4, 0.5) is 11.5 Å². The van der Waals surface area contributed by atoms with Gasteiger partial charge in [-0.15, -0.1) is 10.2 Å². The third-order valence-corrected chi connectivity index (χ3v) is 2.24. The van der Waals surface area contributed by atoms with Gasteiger partial charge in [0, 0.05) is 23.5 Å². The van der Waals surface area contributed by atoms with Crippen LogP contribution in [0.15, 0.2) is 24.5 Å². The van der Waals surface area contributed by atoms with Gasteiger partial charge in [-0.1, -0.05) is 0 Å². The van der Waals surface area contributed by atoms with Gasteiger partial charge >= 0.3 is 0 Å². The zero-order chi connectivity index (χ0) is 10.8. The SMILES string of the molecule is Cc1c(N)nnc(-c2cccnc2)c1N. The molecule has 0 unspecified atom stereocenters. The molecule has 2 aromatic rings. The highest BCUT2D eigenvalue weighted by Crippen LogP contribution is 2.26. The molecule has 15 heavy (non-hydrogen) atoms. The topological polar surface area (TPSA) is 90.7 Å². The molecule has 0 spiro atoms. The summed E-state index contributed by atoms with van der Waals surface area (Å²) in [4.78, 5) is 4.00. The molecular weight excluding hydrogens is 190 g/mol. The van der Waals surface area contributed by atoms with E-state index >= 15 is 0 Å². The van der Waals surface area contributed by atoms with Crippen molar-refractivity contribution in [3.63, 3.8) is 0 Å². The van der Waals surface area contributed by atoms with Crippen molar-refractivity contribution in [2.24, 2.45) is 0 Å². The molecule has 2 aromatic heterocycles. The highest BCUT2D eigenvalue weighted by Gasteiger charge is 2.09. The summed E-state index contributed by atoms with van der Waals surface area (Å²) in [5.41, 5.74) is 14.3. The van der Waals surface area contributed by atoms with E-state index < -0.39 is 0 Å². The van der Waals surface area contributed by atoms with E-state index in [-0.39, 0.29) is 0 Å². The average molecular weight is 201 g/mol. The number of rotatable bonds is 1. The lowest BCUT2D eigenvalue weighted by Crippen LogP contribution is -2.04. The average Bonchev–Trinajstić information content (AvgIpc) is 2.27. The summed E-state index contributed by atoms with van der Waals surface area (Å²) in [6, 6.07) is 3.70. The number of nitrogen functional groups attached to an aromatic ring is 2.